The second-order valence-corrected chi connectivity index (χ2v) is 11.0. The summed E-state index contributed by atoms with van der Waals surface area (Å²) in [6.07, 6.45) is 3.29. The van der Waals surface area contributed by atoms with Crippen LogP contribution in [-0.4, -0.2) is 44.6 Å². The first-order chi connectivity index (χ1) is 15.9. The maximum Gasteiger partial charge on any atom is 0.261 e. The van der Waals surface area contributed by atoms with Crippen LogP contribution in [0.2, 0.25) is 0 Å². The maximum absolute atomic E-state index is 12.6. The summed E-state index contributed by atoms with van der Waals surface area (Å²) in [5.74, 6) is 0.871. The number of methoxy groups -OCH3 is 1. The number of anilines is 2. The van der Waals surface area contributed by atoms with Gasteiger partial charge in [0.15, 0.2) is 0 Å². The maximum atomic E-state index is 12.6. The van der Waals surface area contributed by atoms with Crippen LogP contribution in [-0.2, 0) is 11.2 Å². The van der Waals surface area contributed by atoms with Gasteiger partial charge < -0.3 is 19.7 Å². The molecule has 176 valence electrons. The smallest absolute Gasteiger partial charge is 0.261 e. The summed E-state index contributed by atoms with van der Waals surface area (Å²) in [6.45, 7) is 7.86. The third-order valence-electron chi connectivity index (χ3n) is 6.80. The van der Waals surface area contributed by atoms with E-state index in [4.69, 9.17) is 9.47 Å². The van der Waals surface area contributed by atoms with Crippen LogP contribution in [0, 0.1) is 5.41 Å². The highest BCUT2D eigenvalue weighted by Crippen LogP contribution is 2.46. The number of hydrogen-bond donors (Lipinski definition) is 2. The Bertz CT molecular complexity index is 1030. The topological polar surface area (TPSA) is 62.8 Å². The highest BCUT2D eigenvalue weighted by Gasteiger charge is 2.37. The fourth-order valence-corrected chi connectivity index (χ4v) is 5.54. The van der Waals surface area contributed by atoms with Crippen molar-refractivity contribution < 1.29 is 14.3 Å². The van der Waals surface area contributed by atoms with Crippen molar-refractivity contribution in [2.45, 2.75) is 44.4 Å². The first-order valence-corrected chi connectivity index (χ1v) is 12.7. The summed E-state index contributed by atoms with van der Waals surface area (Å²) in [7, 11) is 1.73. The minimum absolute atomic E-state index is 0.00224. The van der Waals surface area contributed by atoms with Gasteiger partial charge in [-0.05, 0) is 78.1 Å². The molecular weight excluding hydrogens is 434 g/mol. The van der Waals surface area contributed by atoms with E-state index in [-0.39, 0.29) is 17.4 Å². The molecule has 2 heterocycles. The highest BCUT2D eigenvalue weighted by atomic mass is 32.2. The molecule has 0 radical (unpaired) electrons. The van der Waals surface area contributed by atoms with Gasteiger partial charge in [-0.25, -0.2) is 0 Å². The van der Waals surface area contributed by atoms with E-state index in [0.29, 0.717) is 5.25 Å². The zero-order valence-electron chi connectivity index (χ0n) is 19.6. The second kappa shape index (κ2) is 9.11. The Morgan fingerprint density at radius 3 is 2.70 bits per heavy atom. The molecule has 2 aromatic carbocycles. The number of morpholine rings is 1. The quantitative estimate of drug-likeness (QED) is 0.595. The normalized spacial score (nSPS) is 21.7. The van der Waals surface area contributed by atoms with E-state index in [1.54, 1.807) is 19.1 Å². The fourth-order valence-electron chi connectivity index (χ4n) is 4.78. The van der Waals surface area contributed by atoms with E-state index >= 15 is 0 Å². The molecule has 0 spiro atoms. The number of rotatable bonds is 6. The number of nitrogens with one attached hydrogen (secondary N) is 2. The number of ether oxygens (including phenoxy) is 2. The van der Waals surface area contributed by atoms with Gasteiger partial charge in [-0.1, -0.05) is 13.8 Å². The zero-order chi connectivity index (χ0) is 23.0. The van der Waals surface area contributed by atoms with Crippen LogP contribution in [0.1, 0.15) is 54.2 Å². The Balaban J connectivity index is 1.40. The van der Waals surface area contributed by atoms with Gasteiger partial charge in [-0.2, -0.15) is 0 Å². The van der Waals surface area contributed by atoms with Gasteiger partial charge in [-0.3, -0.25) is 9.52 Å². The summed E-state index contributed by atoms with van der Waals surface area (Å²) in [5, 5.41) is 4.37. The summed E-state index contributed by atoms with van der Waals surface area (Å²) >= 11 is 1.56. The van der Waals surface area contributed by atoms with E-state index in [9.17, 15) is 4.79 Å². The minimum atomic E-state index is -0.0422. The Kier molecular flexibility index (Phi) is 6.18. The van der Waals surface area contributed by atoms with Crippen LogP contribution in [0.4, 0.5) is 11.4 Å². The van der Waals surface area contributed by atoms with Crippen LogP contribution in [0.3, 0.4) is 0 Å². The van der Waals surface area contributed by atoms with E-state index in [0.717, 1.165) is 49.7 Å². The van der Waals surface area contributed by atoms with Crippen molar-refractivity contribution in [1.82, 2.24) is 4.72 Å². The molecule has 5 rings (SSSR count). The number of benzene rings is 2. The van der Waals surface area contributed by atoms with Gasteiger partial charge in [0.05, 0.1) is 26.4 Å². The summed E-state index contributed by atoms with van der Waals surface area (Å²) in [6, 6.07) is 12.7. The predicted octanol–water partition coefficient (Wildman–Crippen LogP) is 4.81. The third-order valence-corrected chi connectivity index (χ3v) is 7.90. The van der Waals surface area contributed by atoms with Crippen molar-refractivity contribution in [3.8, 4) is 5.75 Å². The average Bonchev–Trinajstić information content (AvgIpc) is 3.66. The lowest BCUT2D eigenvalue weighted by Gasteiger charge is -2.42. The SMILES string of the molecule is COc1cc(C2Nc3ccc(C(=O)NSC4CC4)cc3CC2(C)C)cc(N2CCOCC2)c1. The van der Waals surface area contributed by atoms with Crippen molar-refractivity contribution in [2.24, 2.45) is 5.41 Å². The molecule has 1 atom stereocenters. The van der Waals surface area contributed by atoms with Crippen LogP contribution >= 0.6 is 11.9 Å². The van der Waals surface area contributed by atoms with E-state index < -0.39 is 0 Å². The molecule has 1 amide bonds. The molecule has 1 saturated heterocycles. The number of hydrogen-bond acceptors (Lipinski definition) is 6. The molecule has 3 aliphatic rings. The molecule has 1 aliphatic carbocycles. The Hall–Kier alpha value is -2.38. The predicted molar refractivity (Wildman–Crippen MR) is 134 cm³/mol. The molecular formula is C26H33N3O3S. The van der Waals surface area contributed by atoms with Gasteiger partial charge in [0.2, 0.25) is 0 Å². The van der Waals surface area contributed by atoms with E-state index in [1.807, 2.05) is 12.1 Å². The standard InChI is InChI=1S/C26H33N3O3S/c1-26(2)16-19-12-17(25(30)28-33-22-5-6-22)4-7-23(19)27-24(26)18-13-20(15-21(14-18)31-3)29-8-10-32-11-9-29/h4,7,12-15,22,24,27H,5-6,8-11,16H2,1-3H3,(H,28,30). The van der Waals surface area contributed by atoms with Crippen molar-refractivity contribution in [1.29, 1.82) is 0 Å². The van der Waals surface area contributed by atoms with Gasteiger partial charge in [0.1, 0.15) is 5.75 Å². The van der Waals surface area contributed by atoms with Crippen LogP contribution in [0.15, 0.2) is 36.4 Å². The molecule has 7 heteroatoms. The molecule has 33 heavy (non-hydrogen) atoms. The Morgan fingerprint density at radius 1 is 1.18 bits per heavy atom. The molecule has 1 saturated carbocycles. The van der Waals surface area contributed by atoms with Crippen LogP contribution in [0.5, 0.6) is 5.75 Å². The number of nitrogens with zero attached hydrogens (tertiary/aromatic N) is 1. The molecule has 0 aromatic heterocycles. The lowest BCUT2D eigenvalue weighted by atomic mass is 9.72. The lowest BCUT2D eigenvalue weighted by molar-refractivity contribution is 0.0984. The zero-order valence-corrected chi connectivity index (χ0v) is 20.5. The molecule has 0 bridgehead atoms. The summed E-state index contributed by atoms with van der Waals surface area (Å²) in [5.41, 5.74) is 5.37. The minimum Gasteiger partial charge on any atom is -0.497 e. The first-order valence-electron chi connectivity index (χ1n) is 11.8. The molecule has 1 unspecified atom stereocenters. The van der Waals surface area contributed by atoms with Crippen molar-refractivity contribution in [2.75, 3.05) is 43.6 Å². The number of carbonyl (C=O) groups is 1. The third kappa shape index (κ3) is 4.94. The van der Waals surface area contributed by atoms with Crippen LogP contribution < -0.4 is 19.7 Å². The van der Waals surface area contributed by atoms with Crippen molar-refractivity contribution in [3.05, 3.63) is 53.1 Å². The van der Waals surface area contributed by atoms with Gasteiger partial charge in [-0.15, -0.1) is 0 Å². The van der Waals surface area contributed by atoms with Gasteiger partial charge >= 0.3 is 0 Å². The second-order valence-electron chi connectivity index (χ2n) is 9.93. The lowest BCUT2D eigenvalue weighted by Crippen LogP contribution is -2.37. The van der Waals surface area contributed by atoms with Gasteiger partial charge in [0.25, 0.3) is 5.91 Å². The summed E-state index contributed by atoms with van der Waals surface area (Å²) < 4.78 is 14.2. The first kappa shape index (κ1) is 22.4. The van der Waals surface area contributed by atoms with Gasteiger partial charge in [0, 0.05) is 41.3 Å². The molecule has 2 aromatic rings. The largest absolute Gasteiger partial charge is 0.497 e. The molecule has 6 nitrogen and oxygen atoms in total. The van der Waals surface area contributed by atoms with E-state index in [1.165, 1.54) is 29.7 Å². The number of fused-ring (bicyclic) bond motifs is 1. The number of carbonyl (C=O) groups excluding carboxylic acids is 1. The average molecular weight is 468 g/mol. The Labute approximate surface area is 200 Å². The van der Waals surface area contributed by atoms with E-state index in [2.05, 4.69) is 53.1 Å². The molecule has 2 fully saturated rings. The van der Waals surface area contributed by atoms with Crippen molar-refractivity contribution >= 4 is 29.2 Å². The highest BCUT2D eigenvalue weighted by molar-refractivity contribution is 7.98. The molecule has 2 aliphatic heterocycles. The molecule has 2 N–H and O–H groups in total. The number of amides is 1. The summed E-state index contributed by atoms with van der Waals surface area (Å²) in [4.78, 5) is 15.0. The van der Waals surface area contributed by atoms with Crippen molar-refractivity contribution in [3.63, 3.8) is 0 Å². The Morgan fingerprint density at radius 2 is 1.97 bits per heavy atom. The monoisotopic (exact) mass is 467 g/mol. The fraction of sp³-hybridized carbons (Fsp3) is 0.500. The van der Waals surface area contributed by atoms with Crippen LogP contribution in [0.25, 0.3) is 0 Å².